The summed E-state index contributed by atoms with van der Waals surface area (Å²) >= 11 is 5.83. The molecule has 0 aliphatic heterocycles. The van der Waals surface area contributed by atoms with Crippen molar-refractivity contribution >= 4 is 28.5 Å². The van der Waals surface area contributed by atoms with Crippen LogP contribution in [0.4, 0.5) is 0 Å². The fraction of sp³-hybridized carbons (Fsp3) is 0.250. The fourth-order valence-electron chi connectivity index (χ4n) is 2.57. The first-order chi connectivity index (χ1) is 12.7. The van der Waals surface area contributed by atoms with Crippen LogP contribution in [-0.4, -0.2) is 25.7 Å². The van der Waals surface area contributed by atoms with Crippen LogP contribution in [0.1, 0.15) is 23.0 Å². The van der Waals surface area contributed by atoms with E-state index in [2.05, 4.69) is 5.32 Å². The Labute approximate surface area is 156 Å². The largest absolute Gasteiger partial charge is 0.492 e. The van der Waals surface area contributed by atoms with Gasteiger partial charge in [-0.1, -0.05) is 29.8 Å². The van der Waals surface area contributed by atoms with E-state index in [1.54, 1.807) is 24.3 Å². The second-order valence-corrected chi connectivity index (χ2v) is 6.04. The Balaban J connectivity index is 1.62. The molecule has 5 nitrogen and oxygen atoms in total. The summed E-state index contributed by atoms with van der Waals surface area (Å²) < 4.78 is 16.8. The molecule has 0 aliphatic rings. The lowest BCUT2D eigenvalue weighted by Gasteiger charge is -2.08. The Kier molecular flexibility index (Phi) is 6.15. The van der Waals surface area contributed by atoms with Crippen molar-refractivity contribution in [2.45, 2.75) is 13.5 Å². The molecule has 0 spiro atoms. The van der Waals surface area contributed by atoms with Gasteiger partial charge < -0.3 is 19.2 Å². The SMILES string of the molecule is CCOCc1c(C(=O)NCCOc2ccc(Cl)cc2)oc2ccccc12. The van der Waals surface area contributed by atoms with Crippen molar-refractivity contribution in [3.05, 3.63) is 64.9 Å². The molecule has 1 N–H and O–H groups in total. The molecule has 1 amide bonds. The van der Waals surface area contributed by atoms with Crippen LogP contribution in [0.3, 0.4) is 0 Å². The zero-order chi connectivity index (χ0) is 18.4. The Morgan fingerprint density at radius 1 is 1.15 bits per heavy atom. The molecule has 1 aromatic heterocycles. The maximum atomic E-state index is 12.5. The second-order valence-electron chi connectivity index (χ2n) is 5.60. The van der Waals surface area contributed by atoms with Crippen molar-refractivity contribution in [3.8, 4) is 5.75 Å². The summed E-state index contributed by atoms with van der Waals surface area (Å²) in [5.74, 6) is 0.700. The highest BCUT2D eigenvalue weighted by Crippen LogP contribution is 2.26. The smallest absolute Gasteiger partial charge is 0.287 e. The number of nitrogens with one attached hydrogen (secondary N) is 1. The lowest BCUT2D eigenvalue weighted by Crippen LogP contribution is -2.28. The normalized spacial score (nSPS) is 10.8. The minimum Gasteiger partial charge on any atom is -0.492 e. The number of furan rings is 1. The molecule has 136 valence electrons. The molecule has 0 fully saturated rings. The first kappa shape index (κ1) is 18.3. The van der Waals surface area contributed by atoms with Gasteiger partial charge in [-0.3, -0.25) is 4.79 Å². The van der Waals surface area contributed by atoms with Gasteiger partial charge in [0.2, 0.25) is 0 Å². The predicted molar refractivity (Wildman–Crippen MR) is 101 cm³/mol. The van der Waals surface area contributed by atoms with E-state index in [1.165, 1.54) is 0 Å². The van der Waals surface area contributed by atoms with Crippen LogP contribution < -0.4 is 10.1 Å². The molecule has 2 aromatic carbocycles. The summed E-state index contributed by atoms with van der Waals surface area (Å²) in [7, 11) is 0. The van der Waals surface area contributed by atoms with Gasteiger partial charge in [0, 0.05) is 22.6 Å². The van der Waals surface area contributed by atoms with Crippen LogP contribution in [0.25, 0.3) is 11.0 Å². The van der Waals surface area contributed by atoms with Crippen molar-refractivity contribution in [1.82, 2.24) is 5.32 Å². The summed E-state index contributed by atoms with van der Waals surface area (Å²) in [6.45, 7) is 3.50. The van der Waals surface area contributed by atoms with Gasteiger partial charge in [-0.05, 0) is 37.3 Å². The van der Waals surface area contributed by atoms with E-state index in [-0.39, 0.29) is 11.7 Å². The lowest BCUT2D eigenvalue weighted by atomic mass is 10.1. The number of para-hydroxylation sites is 1. The van der Waals surface area contributed by atoms with E-state index >= 15 is 0 Å². The zero-order valence-electron chi connectivity index (χ0n) is 14.5. The number of amides is 1. The zero-order valence-corrected chi connectivity index (χ0v) is 15.2. The molecule has 0 atom stereocenters. The van der Waals surface area contributed by atoms with E-state index < -0.39 is 0 Å². The third-order valence-electron chi connectivity index (χ3n) is 3.83. The number of carbonyl (C=O) groups is 1. The molecular formula is C20H20ClNO4. The Bertz CT molecular complexity index is 873. The molecular weight excluding hydrogens is 354 g/mol. The molecule has 3 aromatic rings. The van der Waals surface area contributed by atoms with E-state index in [0.29, 0.717) is 42.7 Å². The number of benzene rings is 2. The molecule has 0 unspecified atom stereocenters. The molecule has 6 heteroatoms. The first-order valence-electron chi connectivity index (χ1n) is 8.43. The minimum atomic E-state index is -0.282. The van der Waals surface area contributed by atoms with Gasteiger partial charge in [0.1, 0.15) is 17.9 Å². The summed E-state index contributed by atoms with van der Waals surface area (Å²) in [5, 5.41) is 4.36. The molecule has 0 bridgehead atoms. The number of hydrogen-bond donors (Lipinski definition) is 1. The van der Waals surface area contributed by atoms with E-state index in [0.717, 1.165) is 10.9 Å². The Morgan fingerprint density at radius 3 is 2.69 bits per heavy atom. The average molecular weight is 374 g/mol. The van der Waals surface area contributed by atoms with Gasteiger partial charge in [0.05, 0.1) is 13.2 Å². The van der Waals surface area contributed by atoms with Crippen molar-refractivity contribution in [2.24, 2.45) is 0 Å². The number of halogens is 1. The third-order valence-corrected chi connectivity index (χ3v) is 4.08. The highest BCUT2D eigenvalue weighted by Gasteiger charge is 2.20. The number of hydrogen-bond acceptors (Lipinski definition) is 4. The van der Waals surface area contributed by atoms with Gasteiger partial charge >= 0.3 is 0 Å². The second kappa shape index (κ2) is 8.74. The maximum Gasteiger partial charge on any atom is 0.287 e. The monoisotopic (exact) mass is 373 g/mol. The maximum absolute atomic E-state index is 12.5. The van der Waals surface area contributed by atoms with E-state index in [1.807, 2.05) is 31.2 Å². The molecule has 1 heterocycles. The lowest BCUT2D eigenvalue weighted by molar-refractivity contribution is 0.0908. The summed E-state index contributed by atoms with van der Waals surface area (Å²) in [6.07, 6.45) is 0. The molecule has 0 radical (unpaired) electrons. The highest BCUT2D eigenvalue weighted by atomic mass is 35.5. The van der Waals surface area contributed by atoms with Crippen LogP contribution in [0, 0.1) is 0 Å². The van der Waals surface area contributed by atoms with Crippen LogP contribution in [0.5, 0.6) is 5.75 Å². The van der Waals surface area contributed by atoms with Crippen molar-refractivity contribution in [3.63, 3.8) is 0 Å². The third kappa shape index (κ3) is 4.36. The van der Waals surface area contributed by atoms with Crippen LogP contribution in [0.2, 0.25) is 5.02 Å². The molecule has 0 saturated carbocycles. The van der Waals surface area contributed by atoms with Gasteiger partial charge in [0.25, 0.3) is 5.91 Å². The number of ether oxygens (including phenoxy) is 2. The first-order valence-corrected chi connectivity index (χ1v) is 8.81. The highest BCUT2D eigenvalue weighted by molar-refractivity contribution is 6.30. The van der Waals surface area contributed by atoms with Crippen molar-refractivity contribution in [1.29, 1.82) is 0 Å². The van der Waals surface area contributed by atoms with Crippen LogP contribution in [0.15, 0.2) is 52.9 Å². The summed E-state index contributed by atoms with van der Waals surface area (Å²) in [6, 6.07) is 14.6. The quantitative estimate of drug-likeness (QED) is 0.593. The van der Waals surface area contributed by atoms with Gasteiger partial charge in [-0.15, -0.1) is 0 Å². The van der Waals surface area contributed by atoms with Crippen LogP contribution >= 0.6 is 11.6 Å². The van der Waals surface area contributed by atoms with Crippen LogP contribution in [-0.2, 0) is 11.3 Å². The molecule has 26 heavy (non-hydrogen) atoms. The van der Waals surface area contributed by atoms with Gasteiger partial charge in [-0.25, -0.2) is 0 Å². The van der Waals surface area contributed by atoms with E-state index in [4.69, 9.17) is 25.5 Å². The Morgan fingerprint density at radius 2 is 1.92 bits per heavy atom. The van der Waals surface area contributed by atoms with Crippen molar-refractivity contribution < 1.29 is 18.7 Å². The number of carbonyl (C=O) groups excluding carboxylic acids is 1. The average Bonchev–Trinajstić information content (AvgIpc) is 3.03. The summed E-state index contributed by atoms with van der Waals surface area (Å²) in [5.41, 5.74) is 1.43. The predicted octanol–water partition coefficient (Wildman–Crippen LogP) is 4.43. The van der Waals surface area contributed by atoms with Gasteiger partial charge in [0.15, 0.2) is 5.76 Å². The topological polar surface area (TPSA) is 60.7 Å². The van der Waals surface area contributed by atoms with E-state index in [9.17, 15) is 4.79 Å². The summed E-state index contributed by atoms with van der Waals surface area (Å²) in [4.78, 5) is 12.5. The molecule has 3 rings (SSSR count). The van der Waals surface area contributed by atoms with Gasteiger partial charge in [-0.2, -0.15) is 0 Å². The molecule has 0 aliphatic carbocycles. The van der Waals surface area contributed by atoms with Crippen molar-refractivity contribution in [2.75, 3.05) is 19.8 Å². The fourth-order valence-corrected chi connectivity index (χ4v) is 2.70. The minimum absolute atomic E-state index is 0.282. The molecule has 0 saturated heterocycles. The standard InChI is InChI=1S/C20H20ClNO4/c1-2-24-13-17-16-5-3-4-6-18(16)26-19(17)20(23)22-11-12-25-15-9-7-14(21)8-10-15/h3-10H,2,11-13H2,1H3,(H,22,23). The number of fused-ring (bicyclic) bond motifs is 1. The number of rotatable bonds is 8. The Hall–Kier alpha value is -2.50.